The quantitative estimate of drug-likeness (QED) is 0.872. The molecular formula is C13H17ClO4S. The highest BCUT2D eigenvalue weighted by Gasteiger charge is 2.27. The van der Waals surface area contributed by atoms with Gasteiger partial charge in [0.05, 0.1) is 11.9 Å². The van der Waals surface area contributed by atoms with Crippen molar-refractivity contribution in [3.8, 4) is 0 Å². The van der Waals surface area contributed by atoms with Gasteiger partial charge in [0, 0.05) is 11.6 Å². The Morgan fingerprint density at radius 3 is 2.84 bits per heavy atom. The maximum Gasteiger partial charge on any atom is 0.265 e. The summed E-state index contributed by atoms with van der Waals surface area (Å²) in [5.74, 6) is -0.261. The second-order valence-corrected chi connectivity index (χ2v) is 6.93. The summed E-state index contributed by atoms with van der Waals surface area (Å²) in [6, 6.07) is 5.59. The Morgan fingerprint density at radius 1 is 1.47 bits per heavy atom. The fraction of sp³-hybridized carbons (Fsp3) is 0.538. The molecule has 4 nitrogen and oxygen atoms in total. The minimum absolute atomic E-state index is 0.0659. The number of ether oxygens (including phenoxy) is 1. The van der Waals surface area contributed by atoms with Gasteiger partial charge in [0.2, 0.25) is 0 Å². The predicted molar refractivity (Wildman–Crippen MR) is 74.0 cm³/mol. The zero-order chi connectivity index (χ0) is 14.0. The van der Waals surface area contributed by atoms with Crippen LogP contribution >= 0.6 is 11.6 Å². The van der Waals surface area contributed by atoms with Gasteiger partial charge in [-0.05, 0) is 48.9 Å². The molecule has 2 atom stereocenters. The van der Waals surface area contributed by atoms with E-state index in [1.807, 2.05) is 19.1 Å². The molecule has 0 saturated carbocycles. The first kappa shape index (κ1) is 14.8. The molecule has 2 rings (SSSR count). The van der Waals surface area contributed by atoms with E-state index in [9.17, 15) is 8.42 Å². The lowest BCUT2D eigenvalue weighted by Gasteiger charge is -2.30. The van der Waals surface area contributed by atoms with E-state index in [0.717, 1.165) is 11.1 Å². The SMILES string of the molecule is Cc1cc(Cl)ccc1C1CC(CS(=O)(=O)O)CCO1. The Morgan fingerprint density at radius 2 is 2.21 bits per heavy atom. The normalized spacial score (nSPS) is 24.4. The summed E-state index contributed by atoms with van der Waals surface area (Å²) in [5.41, 5.74) is 2.06. The molecule has 6 heteroatoms. The van der Waals surface area contributed by atoms with E-state index < -0.39 is 10.1 Å². The van der Waals surface area contributed by atoms with Crippen molar-refractivity contribution in [2.45, 2.75) is 25.9 Å². The largest absolute Gasteiger partial charge is 0.373 e. The maximum atomic E-state index is 11.0. The maximum absolute atomic E-state index is 11.0. The molecule has 0 aromatic heterocycles. The Hall–Kier alpha value is -0.620. The Kier molecular flexibility index (Phi) is 4.50. The first-order valence-electron chi connectivity index (χ1n) is 6.18. The molecule has 1 fully saturated rings. The summed E-state index contributed by atoms with van der Waals surface area (Å²) in [7, 11) is -3.92. The van der Waals surface area contributed by atoms with Gasteiger partial charge in [-0.2, -0.15) is 8.42 Å². The molecule has 0 aliphatic carbocycles. The molecule has 1 aromatic rings. The highest BCUT2D eigenvalue weighted by atomic mass is 35.5. The van der Waals surface area contributed by atoms with Crippen molar-refractivity contribution in [1.29, 1.82) is 0 Å². The number of rotatable bonds is 3. The standard InChI is InChI=1S/C13H17ClO4S/c1-9-6-11(14)2-3-12(9)13-7-10(4-5-18-13)8-19(15,16)17/h2-3,6,10,13H,4-5,7-8H2,1H3,(H,15,16,17). The average molecular weight is 305 g/mol. The first-order chi connectivity index (χ1) is 8.85. The lowest BCUT2D eigenvalue weighted by molar-refractivity contribution is -0.00620. The average Bonchev–Trinajstić information content (AvgIpc) is 2.26. The molecule has 1 heterocycles. The van der Waals surface area contributed by atoms with Crippen LogP contribution in [0, 0.1) is 12.8 Å². The summed E-state index contributed by atoms with van der Waals surface area (Å²) in [4.78, 5) is 0. The van der Waals surface area contributed by atoms with Gasteiger partial charge in [-0.15, -0.1) is 0 Å². The van der Waals surface area contributed by atoms with Gasteiger partial charge >= 0.3 is 0 Å². The van der Waals surface area contributed by atoms with Crippen molar-refractivity contribution in [2.24, 2.45) is 5.92 Å². The van der Waals surface area contributed by atoms with Crippen molar-refractivity contribution in [1.82, 2.24) is 0 Å². The van der Waals surface area contributed by atoms with Crippen LogP contribution < -0.4 is 0 Å². The molecule has 1 aliphatic rings. The monoisotopic (exact) mass is 304 g/mol. The van der Waals surface area contributed by atoms with Crippen molar-refractivity contribution in [2.75, 3.05) is 12.4 Å². The van der Waals surface area contributed by atoms with Crippen LogP contribution in [0.3, 0.4) is 0 Å². The third-order valence-corrected chi connectivity index (χ3v) is 4.55. The van der Waals surface area contributed by atoms with E-state index in [4.69, 9.17) is 20.9 Å². The summed E-state index contributed by atoms with van der Waals surface area (Å²) < 4.78 is 36.5. The number of halogens is 1. The van der Waals surface area contributed by atoms with Crippen LogP contribution in [0.1, 0.15) is 30.1 Å². The minimum Gasteiger partial charge on any atom is -0.373 e. The van der Waals surface area contributed by atoms with Gasteiger partial charge in [-0.25, -0.2) is 0 Å². The molecule has 0 amide bonds. The van der Waals surface area contributed by atoms with Gasteiger partial charge < -0.3 is 4.74 Å². The van der Waals surface area contributed by atoms with Crippen LogP contribution in [-0.2, 0) is 14.9 Å². The van der Waals surface area contributed by atoms with E-state index in [2.05, 4.69) is 0 Å². The Labute approximate surface area is 118 Å². The van der Waals surface area contributed by atoms with E-state index in [1.165, 1.54) is 0 Å². The highest BCUT2D eigenvalue weighted by molar-refractivity contribution is 7.85. The summed E-state index contributed by atoms with van der Waals surface area (Å²) in [5, 5.41) is 0.673. The molecule has 19 heavy (non-hydrogen) atoms. The summed E-state index contributed by atoms with van der Waals surface area (Å²) in [6.07, 6.45) is 1.13. The van der Waals surface area contributed by atoms with Crippen molar-refractivity contribution in [3.63, 3.8) is 0 Å². The van der Waals surface area contributed by atoms with Gasteiger partial charge in [0.1, 0.15) is 0 Å². The van der Waals surface area contributed by atoms with Gasteiger partial charge in [0.25, 0.3) is 10.1 Å². The molecule has 0 bridgehead atoms. The van der Waals surface area contributed by atoms with Gasteiger partial charge in [0.15, 0.2) is 0 Å². The van der Waals surface area contributed by atoms with Crippen LogP contribution in [0.2, 0.25) is 5.02 Å². The molecular weight excluding hydrogens is 288 g/mol. The second kappa shape index (κ2) is 5.79. The Balaban J connectivity index is 2.12. The number of benzene rings is 1. The van der Waals surface area contributed by atoms with E-state index in [-0.39, 0.29) is 17.8 Å². The number of hydrogen-bond donors (Lipinski definition) is 1. The van der Waals surface area contributed by atoms with Gasteiger partial charge in [-0.3, -0.25) is 4.55 Å². The fourth-order valence-corrected chi connectivity index (χ4v) is 3.66. The third-order valence-electron chi connectivity index (χ3n) is 3.42. The second-order valence-electron chi connectivity index (χ2n) is 5.00. The highest BCUT2D eigenvalue weighted by Crippen LogP contribution is 2.34. The molecule has 1 saturated heterocycles. The molecule has 1 aliphatic heterocycles. The zero-order valence-corrected chi connectivity index (χ0v) is 12.2. The Bertz CT molecular complexity index is 556. The van der Waals surface area contributed by atoms with Crippen molar-refractivity contribution >= 4 is 21.7 Å². The van der Waals surface area contributed by atoms with Crippen LogP contribution in [0.25, 0.3) is 0 Å². The molecule has 2 unspecified atom stereocenters. The zero-order valence-electron chi connectivity index (χ0n) is 10.7. The number of hydrogen-bond acceptors (Lipinski definition) is 3. The molecule has 106 valence electrons. The third kappa shape index (κ3) is 4.18. The van der Waals surface area contributed by atoms with Crippen LogP contribution in [0.4, 0.5) is 0 Å². The van der Waals surface area contributed by atoms with Crippen LogP contribution in [0.5, 0.6) is 0 Å². The van der Waals surface area contributed by atoms with E-state index >= 15 is 0 Å². The van der Waals surface area contributed by atoms with Gasteiger partial charge in [-0.1, -0.05) is 17.7 Å². The van der Waals surface area contributed by atoms with Crippen LogP contribution in [-0.4, -0.2) is 25.3 Å². The summed E-state index contributed by atoms with van der Waals surface area (Å²) in [6.45, 7) is 2.46. The van der Waals surface area contributed by atoms with Crippen molar-refractivity contribution in [3.05, 3.63) is 34.3 Å². The smallest absolute Gasteiger partial charge is 0.265 e. The lowest BCUT2D eigenvalue weighted by Crippen LogP contribution is -2.25. The topological polar surface area (TPSA) is 63.6 Å². The van der Waals surface area contributed by atoms with Crippen molar-refractivity contribution < 1.29 is 17.7 Å². The predicted octanol–water partition coefficient (Wildman–Crippen LogP) is 3.00. The first-order valence-corrected chi connectivity index (χ1v) is 8.16. The minimum atomic E-state index is -3.92. The van der Waals surface area contributed by atoms with Crippen LogP contribution in [0.15, 0.2) is 18.2 Å². The van der Waals surface area contributed by atoms with E-state index in [1.54, 1.807) is 6.07 Å². The summed E-state index contributed by atoms with van der Waals surface area (Å²) >= 11 is 5.92. The molecule has 1 aromatic carbocycles. The molecule has 0 radical (unpaired) electrons. The molecule has 0 spiro atoms. The number of aryl methyl sites for hydroxylation is 1. The fourth-order valence-electron chi connectivity index (χ4n) is 2.53. The molecule has 1 N–H and O–H groups in total. The lowest BCUT2D eigenvalue weighted by atomic mass is 9.91. The van der Waals surface area contributed by atoms with E-state index in [0.29, 0.717) is 24.5 Å².